The number of likely N-dealkylation sites (tertiary alicyclic amines) is 1. The fourth-order valence-electron chi connectivity index (χ4n) is 3.41. The minimum atomic E-state index is 0.173. The first kappa shape index (κ1) is 16.8. The van der Waals surface area contributed by atoms with Crippen molar-refractivity contribution < 1.29 is 9.53 Å². The molecule has 1 aliphatic rings. The van der Waals surface area contributed by atoms with Crippen LogP contribution in [0.3, 0.4) is 0 Å². The van der Waals surface area contributed by atoms with E-state index in [2.05, 4.69) is 18.7 Å². The molecule has 2 unspecified atom stereocenters. The Balaban J connectivity index is 1.92. The number of ether oxygens (including phenoxy) is 1. The Morgan fingerprint density at radius 3 is 2.55 bits per heavy atom. The van der Waals surface area contributed by atoms with Crippen LogP contribution in [0.4, 0.5) is 0 Å². The van der Waals surface area contributed by atoms with Gasteiger partial charge < -0.3 is 9.64 Å². The van der Waals surface area contributed by atoms with Crippen molar-refractivity contribution in [1.29, 1.82) is 0 Å². The van der Waals surface area contributed by atoms with Crippen LogP contribution in [0.15, 0.2) is 24.3 Å². The molecule has 0 aliphatic carbocycles. The number of methoxy groups -OCH3 is 1. The highest BCUT2D eigenvalue weighted by molar-refractivity contribution is 5.78. The van der Waals surface area contributed by atoms with Gasteiger partial charge >= 0.3 is 0 Å². The Morgan fingerprint density at radius 2 is 1.91 bits per heavy atom. The van der Waals surface area contributed by atoms with E-state index in [4.69, 9.17) is 4.74 Å². The van der Waals surface area contributed by atoms with Crippen molar-refractivity contribution in [3.63, 3.8) is 0 Å². The third-order valence-corrected chi connectivity index (χ3v) is 4.33. The van der Waals surface area contributed by atoms with E-state index in [-0.39, 0.29) is 5.91 Å². The predicted octanol–water partition coefficient (Wildman–Crippen LogP) is 2.63. The van der Waals surface area contributed by atoms with Crippen molar-refractivity contribution in [3.8, 4) is 5.75 Å². The molecule has 1 amide bonds. The molecule has 0 N–H and O–H groups in total. The van der Waals surface area contributed by atoms with E-state index in [1.165, 1.54) is 6.42 Å². The number of hydrogen-bond acceptors (Lipinski definition) is 3. The Labute approximate surface area is 134 Å². The number of piperidine rings is 1. The molecule has 0 bridgehead atoms. The van der Waals surface area contributed by atoms with Gasteiger partial charge in [-0.25, -0.2) is 0 Å². The Kier molecular flexibility index (Phi) is 5.83. The van der Waals surface area contributed by atoms with Gasteiger partial charge in [-0.05, 0) is 24.3 Å². The average molecular weight is 304 g/mol. The lowest BCUT2D eigenvalue weighted by Gasteiger charge is -2.35. The molecule has 0 spiro atoms. The van der Waals surface area contributed by atoms with Crippen LogP contribution in [0.25, 0.3) is 0 Å². The van der Waals surface area contributed by atoms with Crippen LogP contribution in [0.5, 0.6) is 5.75 Å². The van der Waals surface area contributed by atoms with E-state index >= 15 is 0 Å². The van der Waals surface area contributed by atoms with Gasteiger partial charge in [0, 0.05) is 32.2 Å². The molecule has 4 nitrogen and oxygen atoms in total. The van der Waals surface area contributed by atoms with Gasteiger partial charge in [-0.15, -0.1) is 0 Å². The minimum absolute atomic E-state index is 0.173. The molecule has 2 rings (SSSR count). The maximum absolute atomic E-state index is 12.5. The quantitative estimate of drug-likeness (QED) is 0.838. The summed E-state index contributed by atoms with van der Waals surface area (Å²) in [6.07, 6.45) is 1.27. The SMILES string of the molecule is COc1ccccc1CN(C)C(=O)CN1CC(C)CC(C)C1. The highest BCUT2D eigenvalue weighted by Gasteiger charge is 2.24. The number of hydrogen-bond donors (Lipinski definition) is 0. The van der Waals surface area contributed by atoms with E-state index in [1.807, 2.05) is 31.3 Å². The van der Waals surface area contributed by atoms with Crippen LogP contribution in [0.2, 0.25) is 0 Å². The summed E-state index contributed by atoms with van der Waals surface area (Å²) in [7, 11) is 3.53. The monoisotopic (exact) mass is 304 g/mol. The van der Waals surface area contributed by atoms with Crippen molar-refractivity contribution in [2.75, 3.05) is 33.8 Å². The number of carbonyl (C=O) groups excluding carboxylic acids is 1. The van der Waals surface area contributed by atoms with E-state index in [0.29, 0.717) is 24.9 Å². The lowest BCUT2D eigenvalue weighted by molar-refractivity contribution is -0.132. The molecule has 1 heterocycles. The third-order valence-electron chi connectivity index (χ3n) is 4.33. The van der Waals surface area contributed by atoms with E-state index in [9.17, 15) is 4.79 Å². The van der Waals surface area contributed by atoms with E-state index in [1.54, 1.807) is 12.0 Å². The molecule has 1 saturated heterocycles. The van der Waals surface area contributed by atoms with Crippen LogP contribution in [0, 0.1) is 11.8 Å². The maximum atomic E-state index is 12.5. The van der Waals surface area contributed by atoms with Crippen LogP contribution < -0.4 is 4.74 Å². The minimum Gasteiger partial charge on any atom is -0.496 e. The second-order valence-electron chi connectivity index (χ2n) is 6.70. The van der Waals surface area contributed by atoms with Gasteiger partial charge in [-0.1, -0.05) is 32.0 Å². The number of likely N-dealkylation sites (N-methyl/N-ethyl adjacent to an activating group) is 1. The van der Waals surface area contributed by atoms with Gasteiger partial charge in [-0.3, -0.25) is 9.69 Å². The molecule has 0 saturated carbocycles. The van der Waals surface area contributed by atoms with Crippen molar-refractivity contribution in [3.05, 3.63) is 29.8 Å². The zero-order valence-corrected chi connectivity index (χ0v) is 14.2. The molecule has 4 heteroatoms. The van der Waals surface area contributed by atoms with E-state index in [0.717, 1.165) is 24.4 Å². The second-order valence-corrected chi connectivity index (χ2v) is 6.70. The van der Waals surface area contributed by atoms with Crippen molar-refractivity contribution in [2.45, 2.75) is 26.8 Å². The normalized spacial score (nSPS) is 22.4. The van der Waals surface area contributed by atoms with E-state index < -0.39 is 0 Å². The van der Waals surface area contributed by atoms with Crippen LogP contribution in [-0.2, 0) is 11.3 Å². The largest absolute Gasteiger partial charge is 0.496 e. The Bertz CT molecular complexity index is 494. The van der Waals surface area contributed by atoms with Gasteiger partial charge in [-0.2, -0.15) is 0 Å². The highest BCUT2D eigenvalue weighted by atomic mass is 16.5. The fraction of sp³-hybridized carbons (Fsp3) is 0.611. The lowest BCUT2D eigenvalue weighted by Crippen LogP contribution is -2.44. The van der Waals surface area contributed by atoms with Gasteiger partial charge in [0.25, 0.3) is 0 Å². The van der Waals surface area contributed by atoms with Crippen LogP contribution in [-0.4, -0.2) is 49.5 Å². The standard InChI is InChI=1S/C18H28N2O2/c1-14-9-15(2)11-20(10-14)13-18(21)19(3)12-16-7-5-6-8-17(16)22-4/h5-8,14-15H,9-13H2,1-4H3. The summed E-state index contributed by atoms with van der Waals surface area (Å²) < 4.78 is 5.36. The Morgan fingerprint density at radius 1 is 1.27 bits per heavy atom. The smallest absolute Gasteiger partial charge is 0.236 e. The summed E-state index contributed by atoms with van der Waals surface area (Å²) in [5.41, 5.74) is 1.04. The molecule has 1 aromatic rings. The molecule has 1 aromatic carbocycles. The second kappa shape index (κ2) is 7.63. The highest BCUT2D eigenvalue weighted by Crippen LogP contribution is 2.21. The molecule has 22 heavy (non-hydrogen) atoms. The average Bonchev–Trinajstić information content (AvgIpc) is 2.46. The molecule has 1 fully saturated rings. The summed E-state index contributed by atoms with van der Waals surface area (Å²) in [5.74, 6) is 2.36. The summed E-state index contributed by atoms with van der Waals surface area (Å²) in [5, 5.41) is 0. The molecule has 0 aromatic heterocycles. The lowest BCUT2D eigenvalue weighted by atomic mass is 9.92. The number of para-hydroxylation sites is 1. The fourth-order valence-corrected chi connectivity index (χ4v) is 3.41. The number of carbonyl (C=O) groups is 1. The first-order chi connectivity index (χ1) is 10.5. The van der Waals surface area contributed by atoms with Gasteiger partial charge in [0.05, 0.1) is 13.7 Å². The molecule has 0 radical (unpaired) electrons. The maximum Gasteiger partial charge on any atom is 0.236 e. The summed E-state index contributed by atoms with van der Waals surface area (Å²) >= 11 is 0. The van der Waals surface area contributed by atoms with Crippen molar-refractivity contribution in [1.82, 2.24) is 9.80 Å². The molecular formula is C18H28N2O2. The number of amides is 1. The first-order valence-corrected chi connectivity index (χ1v) is 8.07. The van der Waals surface area contributed by atoms with Gasteiger partial charge in [0.1, 0.15) is 5.75 Å². The molecule has 1 aliphatic heterocycles. The van der Waals surface area contributed by atoms with Gasteiger partial charge in [0.2, 0.25) is 5.91 Å². The summed E-state index contributed by atoms with van der Waals surface area (Å²) in [6.45, 7) is 7.69. The van der Waals surface area contributed by atoms with Crippen LogP contribution in [0.1, 0.15) is 25.8 Å². The molecule has 2 atom stereocenters. The van der Waals surface area contributed by atoms with Crippen molar-refractivity contribution in [2.24, 2.45) is 11.8 Å². The topological polar surface area (TPSA) is 32.8 Å². The molecule has 122 valence electrons. The summed E-state index contributed by atoms with van der Waals surface area (Å²) in [4.78, 5) is 16.6. The number of rotatable bonds is 5. The first-order valence-electron chi connectivity index (χ1n) is 8.07. The van der Waals surface area contributed by atoms with Crippen LogP contribution >= 0.6 is 0 Å². The van der Waals surface area contributed by atoms with Gasteiger partial charge in [0.15, 0.2) is 0 Å². The zero-order valence-electron chi connectivity index (χ0n) is 14.2. The van der Waals surface area contributed by atoms with Crippen molar-refractivity contribution >= 4 is 5.91 Å². The third kappa shape index (κ3) is 4.47. The molecular weight excluding hydrogens is 276 g/mol. The number of benzene rings is 1. The predicted molar refractivity (Wildman–Crippen MR) is 88.9 cm³/mol. The Hall–Kier alpha value is -1.55. The zero-order chi connectivity index (χ0) is 16.1. The summed E-state index contributed by atoms with van der Waals surface area (Å²) in [6, 6.07) is 7.86. The number of nitrogens with zero attached hydrogens (tertiary/aromatic N) is 2.